The number of nitrogens with one attached hydrogen (secondary N) is 1. The first-order chi connectivity index (χ1) is 16.5. The highest BCUT2D eigenvalue weighted by molar-refractivity contribution is 5.91. The summed E-state index contributed by atoms with van der Waals surface area (Å²) in [6.07, 6.45) is 4.33. The van der Waals surface area contributed by atoms with E-state index in [-0.39, 0.29) is 35.9 Å². The Morgan fingerprint density at radius 3 is 2.71 bits per heavy atom. The largest absolute Gasteiger partial charge is 0.368 e. The molecule has 1 saturated carbocycles. The zero-order valence-electron chi connectivity index (χ0n) is 19.1. The number of nitrogens with two attached hydrogens (primary N) is 1. The van der Waals surface area contributed by atoms with Crippen LogP contribution in [0.5, 0.6) is 0 Å². The van der Waals surface area contributed by atoms with Gasteiger partial charge >= 0.3 is 0 Å². The van der Waals surface area contributed by atoms with E-state index >= 15 is 0 Å². The van der Waals surface area contributed by atoms with Crippen molar-refractivity contribution in [3.63, 3.8) is 0 Å². The predicted octanol–water partition coefficient (Wildman–Crippen LogP) is 2.75. The van der Waals surface area contributed by atoms with Gasteiger partial charge in [-0.25, -0.2) is 4.98 Å². The number of aromatic nitrogens is 2. The molecule has 1 unspecified atom stereocenters. The molecule has 3 aromatic rings. The van der Waals surface area contributed by atoms with E-state index in [0.717, 1.165) is 37.8 Å². The first-order valence-electron chi connectivity index (χ1n) is 11.9. The van der Waals surface area contributed by atoms with E-state index in [2.05, 4.69) is 10.2 Å². The Labute approximate surface area is 197 Å². The summed E-state index contributed by atoms with van der Waals surface area (Å²) in [5.74, 6) is 0.258. The van der Waals surface area contributed by atoms with Gasteiger partial charge in [0.1, 0.15) is 5.82 Å². The van der Waals surface area contributed by atoms with Crippen LogP contribution in [-0.4, -0.2) is 38.9 Å². The van der Waals surface area contributed by atoms with Crippen LogP contribution in [-0.2, 0) is 22.6 Å². The van der Waals surface area contributed by atoms with Gasteiger partial charge in [-0.15, -0.1) is 0 Å². The monoisotopic (exact) mass is 459 g/mol. The van der Waals surface area contributed by atoms with Crippen LogP contribution in [0.3, 0.4) is 0 Å². The summed E-state index contributed by atoms with van der Waals surface area (Å²) in [5, 5.41) is 3.58. The van der Waals surface area contributed by atoms with Crippen molar-refractivity contribution >= 4 is 28.4 Å². The maximum absolute atomic E-state index is 13.0. The lowest BCUT2D eigenvalue weighted by molar-refractivity contribution is -0.122. The zero-order valence-corrected chi connectivity index (χ0v) is 19.1. The van der Waals surface area contributed by atoms with Gasteiger partial charge in [-0.05, 0) is 62.1 Å². The molecular weight excluding hydrogens is 430 g/mol. The number of hydrogen-bond acceptors (Lipinski definition) is 5. The fourth-order valence-corrected chi connectivity index (χ4v) is 4.85. The van der Waals surface area contributed by atoms with Crippen LogP contribution in [0.25, 0.3) is 10.9 Å². The molecule has 1 aliphatic heterocycles. The van der Waals surface area contributed by atoms with E-state index in [4.69, 9.17) is 10.7 Å². The van der Waals surface area contributed by atoms with Crippen molar-refractivity contribution in [1.82, 2.24) is 14.5 Å². The number of hydrogen-bond donors (Lipinski definition) is 2. The van der Waals surface area contributed by atoms with Gasteiger partial charge in [0.25, 0.3) is 5.56 Å². The Hall–Kier alpha value is -3.52. The molecule has 1 aliphatic carbocycles. The molecule has 1 aromatic heterocycles. The summed E-state index contributed by atoms with van der Waals surface area (Å²) in [4.78, 5) is 44.2. The molecule has 8 nitrogen and oxygen atoms in total. The summed E-state index contributed by atoms with van der Waals surface area (Å²) >= 11 is 0. The first kappa shape index (κ1) is 22.3. The van der Waals surface area contributed by atoms with Crippen LogP contribution in [0, 0.1) is 0 Å². The molecule has 8 heteroatoms. The smallest absolute Gasteiger partial charge is 0.261 e. The lowest BCUT2D eigenvalue weighted by Crippen LogP contribution is -2.39. The van der Waals surface area contributed by atoms with Crippen molar-refractivity contribution in [1.29, 1.82) is 0 Å². The lowest BCUT2D eigenvalue weighted by Gasteiger charge is -2.22. The molecule has 34 heavy (non-hydrogen) atoms. The standard InChI is InChI=1S/C26H29N5O3/c27-25(33)22-9-4-14-30(22)16-17-5-3-6-18(15-17)28-24(32)13-12-23-29-21-8-2-1-7-20(21)26(34)31(23)19-10-11-19/h1-3,5-8,15,19,22H,4,9-14,16H2,(H2,27,33)(H,28,32). The molecule has 2 amide bonds. The van der Waals surface area contributed by atoms with Crippen molar-refractivity contribution in [3.8, 4) is 0 Å². The second-order valence-corrected chi connectivity index (χ2v) is 9.23. The summed E-state index contributed by atoms with van der Waals surface area (Å²) in [7, 11) is 0. The molecule has 5 rings (SSSR count). The van der Waals surface area contributed by atoms with E-state index in [1.54, 1.807) is 10.6 Å². The molecule has 176 valence electrons. The minimum absolute atomic E-state index is 0.0209. The average molecular weight is 460 g/mol. The number of aryl methyl sites for hydroxylation is 1. The van der Waals surface area contributed by atoms with Gasteiger partial charge in [-0.3, -0.25) is 23.9 Å². The molecule has 1 atom stereocenters. The number of fused-ring (bicyclic) bond motifs is 1. The summed E-state index contributed by atoms with van der Waals surface area (Å²) in [5.41, 5.74) is 7.91. The number of para-hydroxylation sites is 1. The van der Waals surface area contributed by atoms with Crippen molar-refractivity contribution in [2.45, 2.75) is 57.2 Å². The van der Waals surface area contributed by atoms with E-state index in [9.17, 15) is 14.4 Å². The Morgan fingerprint density at radius 1 is 1.09 bits per heavy atom. The molecule has 0 radical (unpaired) electrons. The van der Waals surface area contributed by atoms with Gasteiger partial charge in [0.2, 0.25) is 11.8 Å². The van der Waals surface area contributed by atoms with Crippen molar-refractivity contribution < 1.29 is 9.59 Å². The quantitative estimate of drug-likeness (QED) is 0.538. The van der Waals surface area contributed by atoms with Gasteiger partial charge in [-0.2, -0.15) is 0 Å². The van der Waals surface area contributed by atoms with Crippen LogP contribution in [0.2, 0.25) is 0 Å². The Balaban J connectivity index is 1.26. The minimum atomic E-state index is -0.283. The summed E-state index contributed by atoms with van der Waals surface area (Å²) in [6, 6.07) is 15.0. The molecule has 2 fully saturated rings. The number of likely N-dealkylation sites (tertiary alicyclic amines) is 1. The summed E-state index contributed by atoms with van der Waals surface area (Å²) in [6.45, 7) is 1.46. The van der Waals surface area contributed by atoms with Gasteiger partial charge < -0.3 is 11.1 Å². The number of rotatable bonds is 8. The minimum Gasteiger partial charge on any atom is -0.368 e. The van der Waals surface area contributed by atoms with E-state index < -0.39 is 0 Å². The Morgan fingerprint density at radius 2 is 1.91 bits per heavy atom. The highest BCUT2D eigenvalue weighted by Crippen LogP contribution is 2.35. The number of primary amides is 1. The number of nitrogens with zero attached hydrogens (tertiary/aromatic N) is 3. The lowest BCUT2D eigenvalue weighted by atomic mass is 10.1. The number of amides is 2. The van der Waals surface area contributed by atoms with Crippen LogP contribution < -0.4 is 16.6 Å². The van der Waals surface area contributed by atoms with Gasteiger partial charge in [0.15, 0.2) is 0 Å². The molecule has 2 aliphatic rings. The number of anilines is 1. The third-order valence-electron chi connectivity index (χ3n) is 6.66. The fraction of sp³-hybridized carbons (Fsp3) is 0.385. The number of carbonyl (C=O) groups is 2. The molecule has 2 heterocycles. The van der Waals surface area contributed by atoms with Crippen LogP contribution >= 0.6 is 0 Å². The normalized spacial score (nSPS) is 18.3. The van der Waals surface area contributed by atoms with E-state index in [1.165, 1.54) is 0 Å². The van der Waals surface area contributed by atoms with Crippen LogP contribution in [0.1, 0.15) is 49.5 Å². The zero-order chi connectivity index (χ0) is 23.7. The van der Waals surface area contributed by atoms with E-state index in [1.807, 2.05) is 42.5 Å². The first-order valence-corrected chi connectivity index (χ1v) is 11.9. The highest BCUT2D eigenvalue weighted by Gasteiger charge is 2.29. The van der Waals surface area contributed by atoms with Crippen molar-refractivity contribution in [2.24, 2.45) is 5.73 Å². The van der Waals surface area contributed by atoms with Gasteiger partial charge in [0.05, 0.1) is 16.9 Å². The fourth-order valence-electron chi connectivity index (χ4n) is 4.85. The number of carbonyl (C=O) groups excluding carboxylic acids is 2. The molecular formula is C26H29N5O3. The second kappa shape index (κ2) is 9.38. The van der Waals surface area contributed by atoms with Gasteiger partial charge in [0, 0.05) is 31.1 Å². The van der Waals surface area contributed by atoms with Crippen molar-refractivity contribution in [3.05, 3.63) is 70.3 Å². The topological polar surface area (TPSA) is 110 Å². The number of benzene rings is 2. The third-order valence-corrected chi connectivity index (χ3v) is 6.66. The SMILES string of the molecule is NC(=O)C1CCCN1Cc1cccc(NC(=O)CCc2nc3ccccc3c(=O)n2C2CC2)c1. The second-order valence-electron chi connectivity index (χ2n) is 9.23. The molecule has 0 spiro atoms. The maximum atomic E-state index is 13.0. The summed E-state index contributed by atoms with van der Waals surface area (Å²) < 4.78 is 1.78. The molecule has 1 saturated heterocycles. The maximum Gasteiger partial charge on any atom is 0.261 e. The average Bonchev–Trinajstić information content (AvgIpc) is 3.55. The van der Waals surface area contributed by atoms with Crippen LogP contribution in [0.15, 0.2) is 53.3 Å². The molecule has 2 aromatic carbocycles. The molecule has 0 bridgehead atoms. The predicted molar refractivity (Wildman–Crippen MR) is 130 cm³/mol. The third kappa shape index (κ3) is 4.72. The van der Waals surface area contributed by atoms with Crippen LogP contribution in [0.4, 0.5) is 5.69 Å². The highest BCUT2D eigenvalue weighted by atomic mass is 16.2. The Kier molecular flexibility index (Phi) is 6.15. The van der Waals surface area contributed by atoms with Crippen molar-refractivity contribution in [2.75, 3.05) is 11.9 Å². The Bertz CT molecular complexity index is 1300. The van der Waals surface area contributed by atoms with Gasteiger partial charge in [-0.1, -0.05) is 24.3 Å². The van der Waals surface area contributed by atoms with E-state index in [0.29, 0.717) is 35.4 Å². The molecule has 3 N–H and O–H groups in total.